The van der Waals surface area contributed by atoms with Gasteiger partial charge in [0.2, 0.25) is 0 Å². The van der Waals surface area contributed by atoms with Crippen molar-refractivity contribution in [2.24, 2.45) is 5.92 Å². The minimum Gasteiger partial charge on any atom is -0.492 e. The van der Waals surface area contributed by atoms with E-state index < -0.39 is 11.7 Å². The van der Waals surface area contributed by atoms with Gasteiger partial charge in [0, 0.05) is 36.2 Å². The quantitative estimate of drug-likeness (QED) is 0.813. The van der Waals surface area contributed by atoms with E-state index in [9.17, 15) is 14.0 Å². The van der Waals surface area contributed by atoms with Gasteiger partial charge in [-0.15, -0.1) is 0 Å². The lowest BCUT2D eigenvalue weighted by Gasteiger charge is -2.39. The Morgan fingerprint density at radius 3 is 2.86 bits per heavy atom. The second-order valence-electron chi connectivity index (χ2n) is 6.63. The molecule has 146 valence electrons. The number of carbonyl (C=O) groups excluding carboxylic acids is 2. The Kier molecular flexibility index (Phi) is 5.03. The summed E-state index contributed by atoms with van der Waals surface area (Å²) in [6, 6.07) is 7.37. The van der Waals surface area contributed by atoms with Crippen LogP contribution >= 0.6 is 23.2 Å². The van der Waals surface area contributed by atoms with E-state index in [0.717, 1.165) is 6.07 Å². The number of nitrogens with one attached hydrogen (secondary N) is 1. The number of hydrogen-bond donors (Lipinski definition) is 1. The van der Waals surface area contributed by atoms with Gasteiger partial charge in [-0.1, -0.05) is 23.2 Å². The molecule has 0 bridgehead atoms. The van der Waals surface area contributed by atoms with Crippen LogP contribution in [-0.2, 0) is 4.79 Å². The predicted octanol–water partition coefficient (Wildman–Crippen LogP) is 3.61. The van der Waals surface area contributed by atoms with Gasteiger partial charge >= 0.3 is 0 Å². The van der Waals surface area contributed by atoms with Crippen LogP contribution in [0, 0.1) is 11.7 Å². The van der Waals surface area contributed by atoms with E-state index in [4.69, 9.17) is 32.7 Å². The Hall–Kier alpha value is -2.51. The van der Waals surface area contributed by atoms with Crippen LogP contribution < -0.4 is 14.8 Å². The molecule has 9 heteroatoms. The van der Waals surface area contributed by atoms with Gasteiger partial charge in [-0.05, 0) is 18.2 Å². The van der Waals surface area contributed by atoms with Gasteiger partial charge in [0.05, 0.1) is 22.9 Å². The fourth-order valence-electron chi connectivity index (χ4n) is 3.07. The van der Waals surface area contributed by atoms with E-state index in [-0.39, 0.29) is 35.4 Å². The van der Waals surface area contributed by atoms with Crippen LogP contribution in [0.2, 0.25) is 10.0 Å². The van der Waals surface area contributed by atoms with Gasteiger partial charge in [-0.2, -0.15) is 0 Å². The van der Waals surface area contributed by atoms with Crippen molar-refractivity contribution < 1.29 is 23.5 Å². The number of amides is 2. The zero-order chi connectivity index (χ0) is 19.8. The first kappa shape index (κ1) is 18.8. The summed E-state index contributed by atoms with van der Waals surface area (Å²) in [6.07, 6.45) is 0. The fourth-order valence-corrected chi connectivity index (χ4v) is 3.41. The third-order valence-electron chi connectivity index (χ3n) is 4.54. The highest BCUT2D eigenvalue weighted by Gasteiger charge is 2.34. The predicted molar refractivity (Wildman–Crippen MR) is 102 cm³/mol. The number of ether oxygens (including phenoxy) is 2. The highest BCUT2D eigenvalue weighted by molar-refractivity contribution is 6.34. The highest BCUT2D eigenvalue weighted by atomic mass is 35.5. The lowest BCUT2D eigenvalue weighted by molar-refractivity contribution is -0.118. The number of halogens is 3. The number of anilines is 1. The summed E-state index contributed by atoms with van der Waals surface area (Å²) < 4.78 is 25.1. The average Bonchev–Trinajstić information content (AvgIpc) is 2.62. The molecule has 4 rings (SSSR count). The molecule has 2 amide bonds. The monoisotopic (exact) mass is 424 g/mol. The SMILES string of the molecule is O=C1COc2cc(F)c(C(=O)N3CC(COc4cc(Cl)ccc4Cl)C3)cc2N1. The minimum atomic E-state index is -0.690. The van der Waals surface area contributed by atoms with Gasteiger partial charge in [0.1, 0.15) is 17.3 Å². The Labute approximate surface area is 170 Å². The molecule has 0 spiro atoms. The maximum atomic E-state index is 14.3. The molecule has 1 N–H and O–H groups in total. The van der Waals surface area contributed by atoms with Crippen LogP contribution in [0.4, 0.5) is 10.1 Å². The van der Waals surface area contributed by atoms with Gasteiger partial charge in [-0.3, -0.25) is 9.59 Å². The molecule has 0 radical (unpaired) electrons. The molecule has 6 nitrogen and oxygen atoms in total. The zero-order valence-corrected chi connectivity index (χ0v) is 16.0. The van der Waals surface area contributed by atoms with Crippen LogP contribution in [-0.4, -0.2) is 43.0 Å². The van der Waals surface area contributed by atoms with E-state index in [1.54, 1.807) is 18.2 Å². The first-order chi connectivity index (χ1) is 13.4. The molecule has 2 heterocycles. The van der Waals surface area contributed by atoms with Crippen LogP contribution in [0.15, 0.2) is 30.3 Å². The lowest BCUT2D eigenvalue weighted by Crippen LogP contribution is -2.52. The highest BCUT2D eigenvalue weighted by Crippen LogP contribution is 2.32. The van der Waals surface area contributed by atoms with E-state index >= 15 is 0 Å². The molecule has 0 saturated carbocycles. The van der Waals surface area contributed by atoms with Gasteiger partial charge in [0.25, 0.3) is 11.8 Å². The molecular formula is C19H15Cl2FN2O4. The maximum Gasteiger partial charge on any atom is 0.262 e. The average molecular weight is 425 g/mol. The smallest absolute Gasteiger partial charge is 0.262 e. The molecule has 2 aromatic rings. The van der Waals surface area contributed by atoms with E-state index in [2.05, 4.69) is 5.32 Å². The van der Waals surface area contributed by atoms with Crippen LogP contribution in [0.5, 0.6) is 11.5 Å². The Balaban J connectivity index is 1.37. The molecule has 1 saturated heterocycles. The summed E-state index contributed by atoms with van der Waals surface area (Å²) in [4.78, 5) is 25.5. The summed E-state index contributed by atoms with van der Waals surface area (Å²) >= 11 is 12.0. The van der Waals surface area contributed by atoms with E-state index in [1.165, 1.54) is 11.0 Å². The van der Waals surface area contributed by atoms with Crippen molar-refractivity contribution >= 4 is 40.7 Å². The summed E-state index contributed by atoms with van der Waals surface area (Å²) in [5, 5.41) is 3.54. The van der Waals surface area contributed by atoms with Crippen molar-refractivity contribution in [1.29, 1.82) is 0 Å². The normalized spacial score (nSPS) is 16.0. The van der Waals surface area contributed by atoms with E-state index in [0.29, 0.717) is 35.5 Å². The van der Waals surface area contributed by atoms with Crippen LogP contribution in [0.25, 0.3) is 0 Å². The standard InChI is InChI=1S/C19H15Cl2FN2O4/c20-11-1-2-13(21)16(3-11)27-8-10-6-24(7-10)19(26)12-4-15-17(5-14(12)22)28-9-18(25)23-15/h1-5,10H,6-9H2,(H,23,25). The molecule has 28 heavy (non-hydrogen) atoms. The second kappa shape index (κ2) is 7.48. The molecule has 1 fully saturated rings. The summed E-state index contributed by atoms with van der Waals surface area (Å²) in [7, 11) is 0. The number of likely N-dealkylation sites (tertiary alicyclic amines) is 1. The molecule has 0 aromatic heterocycles. The summed E-state index contributed by atoms with van der Waals surface area (Å²) in [5.41, 5.74) is 0.179. The van der Waals surface area contributed by atoms with Gasteiger partial charge < -0.3 is 19.7 Å². The summed E-state index contributed by atoms with van der Waals surface area (Å²) in [5.74, 6) is -0.694. The molecule has 0 aliphatic carbocycles. The van der Waals surface area contributed by atoms with E-state index in [1.807, 2.05) is 0 Å². The molecule has 2 aliphatic heterocycles. The fraction of sp³-hybridized carbons (Fsp3) is 0.263. The molecule has 2 aliphatic rings. The van der Waals surface area contributed by atoms with Crippen molar-refractivity contribution in [1.82, 2.24) is 4.90 Å². The number of nitrogens with zero attached hydrogens (tertiary/aromatic N) is 1. The van der Waals surface area contributed by atoms with Crippen molar-refractivity contribution in [3.05, 3.63) is 51.8 Å². The minimum absolute atomic E-state index is 0.0997. The second-order valence-corrected chi connectivity index (χ2v) is 7.47. The van der Waals surface area contributed by atoms with Crippen molar-refractivity contribution in [2.45, 2.75) is 0 Å². The Bertz CT molecular complexity index is 963. The molecular weight excluding hydrogens is 410 g/mol. The number of rotatable bonds is 4. The first-order valence-corrected chi connectivity index (χ1v) is 9.29. The molecule has 0 unspecified atom stereocenters. The van der Waals surface area contributed by atoms with Crippen LogP contribution in [0.3, 0.4) is 0 Å². The molecule has 2 aromatic carbocycles. The largest absolute Gasteiger partial charge is 0.492 e. The third kappa shape index (κ3) is 3.72. The Morgan fingerprint density at radius 1 is 1.29 bits per heavy atom. The Morgan fingerprint density at radius 2 is 2.07 bits per heavy atom. The maximum absolute atomic E-state index is 14.3. The first-order valence-electron chi connectivity index (χ1n) is 8.54. The van der Waals surface area contributed by atoms with Crippen molar-refractivity contribution in [3.8, 4) is 11.5 Å². The summed E-state index contributed by atoms with van der Waals surface area (Å²) in [6.45, 7) is 1.04. The van der Waals surface area contributed by atoms with Gasteiger partial charge in [-0.25, -0.2) is 4.39 Å². The van der Waals surface area contributed by atoms with Crippen molar-refractivity contribution in [3.63, 3.8) is 0 Å². The van der Waals surface area contributed by atoms with Crippen LogP contribution in [0.1, 0.15) is 10.4 Å². The topological polar surface area (TPSA) is 67.9 Å². The molecule has 0 atom stereocenters. The number of carbonyl (C=O) groups is 2. The number of hydrogen-bond acceptors (Lipinski definition) is 4. The number of benzene rings is 2. The van der Waals surface area contributed by atoms with Gasteiger partial charge in [0.15, 0.2) is 6.61 Å². The lowest BCUT2D eigenvalue weighted by atomic mass is 9.99. The third-order valence-corrected chi connectivity index (χ3v) is 5.09. The zero-order valence-electron chi connectivity index (χ0n) is 14.5. The number of fused-ring (bicyclic) bond motifs is 1. The van der Waals surface area contributed by atoms with Crippen molar-refractivity contribution in [2.75, 3.05) is 31.6 Å².